The largest absolute Gasteiger partial charge is 0.465 e. The predicted octanol–water partition coefficient (Wildman–Crippen LogP) is 3.18. The fourth-order valence-electron chi connectivity index (χ4n) is 1.85. The standard InChI is InChI=1S/C16H17N3O4/c1-3-23-16(21)19-14-9-8-11(10-17-14)18-13-7-5-4-6-12(13)15(20)22-2/h4-10,18H,3H2,1-2H3,(H,17,19,21). The van der Waals surface area contributed by atoms with Gasteiger partial charge >= 0.3 is 12.1 Å². The lowest BCUT2D eigenvalue weighted by atomic mass is 10.1. The van der Waals surface area contributed by atoms with Crippen LogP contribution in [-0.4, -0.2) is 30.8 Å². The Kier molecular flexibility index (Phi) is 5.51. The van der Waals surface area contributed by atoms with Gasteiger partial charge in [-0.05, 0) is 31.2 Å². The summed E-state index contributed by atoms with van der Waals surface area (Å²) in [5, 5.41) is 5.58. The van der Waals surface area contributed by atoms with E-state index in [0.717, 1.165) is 0 Å². The van der Waals surface area contributed by atoms with Gasteiger partial charge in [0.05, 0.1) is 36.9 Å². The number of methoxy groups -OCH3 is 1. The molecule has 2 N–H and O–H groups in total. The van der Waals surface area contributed by atoms with Crippen LogP contribution in [0.25, 0.3) is 0 Å². The van der Waals surface area contributed by atoms with E-state index in [2.05, 4.69) is 15.6 Å². The van der Waals surface area contributed by atoms with E-state index in [4.69, 9.17) is 9.47 Å². The zero-order chi connectivity index (χ0) is 16.7. The smallest absolute Gasteiger partial charge is 0.412 e. The fourth-order valence-corrected chi connectivity index (χ4v) is 1.85. The number of para-hydroxylation sites is 1. The molecule has 7 nitrogen and oxygen atoms in total. The van der Waals surface area contributed by atoms with Gasteiger partial charge in [-0.15, -0.1) is 0 Å². The summed E-state index contributed by atoms with van der Waals surface area (Å²) in [6, 6.07) is 10.3. The van der Waals surface area contributed by atoms with Gasteiger partial charge in [-0.25, -0.2) is 14.6 Å². The molecule has 2 rings (SSSR count). The van der Waals surface area contributed by atoms with Gasteiger partial charge in [-0.1, -0.05) is 12.1 Å². The van der Waals surface area contributed by atoms with E-state index >= 15 is 0 Å². The maximum absolute atomic E-state index is 11.7. The lowest BCUT2D eigenvalue weighted by Crippen LogP contribution is -2.14. The van der Waals surface area contributed by atoms with Gasteiger partial charge in [0, 0.05) is 0 Å². The van der Waals surface area contributed by atoms with Crippen molar-refractivity contribution in [3.8, 4) is 0 Å². The summed E-state index contributed by atoms with van der Waals surface area (Å²) < 4.78 is 9.51. The number of carbonyl (C=O) groups is 2. The summed E-state index contributed by atoms with van der Waals surface area (Å²) in [5.41, 5.74) is 1.69. The first-order valence-electron chi connectivity index (χ1n) is 6.98. The first kappa shape index (κ1) is 16.3. The average molecular weight is 315 g/mol. The third kappa shape index (κ3) is 4.44. The topological polar surface area (TPSA) is 89.6 Å². The molecule has 0 aliphatic heterocycles. The Hall–Kier alpha value is -3.09. The van der Waals surface area contributed by atoms with Gasteiger partial charge in [0.1, 0.15) is 5.82 Å². The zero-order valence-corrected chi connectivity index (χ0v) is 12.8. The number of esters is 1. The molecule has 1 amide bonds. The first-order chi connectivity index (χ1) is 11.1. The van der Waals surface area contributed by atoms with Crippen molar-refractivity contribution < 1.29 is 19.1 Å². The number of rotatable bonds is 5. The number of aromatic nitrogens is 1. The van der Waals surface area contributed by atoms with Crippen LogP contribution in [0.3, 0.4) is 0 Å². The summed E-state index contributed by atoms with van der Waals surface area (Å²) in [7, 11) is 1.33. The van der Waals surface area contributed by atoms with E-state index < -0.39 is 12.1 Å². The molecule has 0 saturated heterocycles. The molecule has 2 aromatic rings. The minimum absolute atomic E-state index is 0.287. The van der Waals surface area contributed by atoms with Gasteiger partial charge in [-0.2, -0.15) is 0 Å². The summed E-state index contributed by atoms with van der Waals surface area (Å²) in [6.45, 7) is 2.01. The highest BCUT2D eigenvalue weighted by molar-refractivity contribution is 5.96. The van der Waals surface area contributed by atoms with Crippen LogP contribution < -0.4 is 10.6 Å². The predicted molar refractivity (Wildman–Crippen MR) is 85.9 cm³/mol. The minimum Gasteiger partial charge on any atom is -0.465 e. The number of carbonyl (C=O) groups excluding carboxylic acids is 2. The van der Waals surface area contributed by atoms with Crippen LogP contribution in [-0.2, 0) is 9.47 Å². The van der Waals surface area contributed by atoms with E-state index in [1.54, 1.807) is 43.3 Å². The number of pyridine rings is 1. The molecular formula is C16H17N3O4. The number of anilines is 3. The maximum Gasteiger partial charge on any atom is 0.412 e. The molecule has 0 fully saturated rings. The third-order valence-corrected chi connectivity index (χ3v) is 2.88. The number of hydrogen-bond donors (Lipinski definition) is 2. The first-order valence-corrected chi connectivity index (χ1v) is 6.98. The quantitative estimate of drug-likeness (QED) is 0.824. The van der Waals surface area contributed by atoms with Crippen LogP contribution in [0.2, 0.25) is 0 Å². The molecule has 0 aliphatic rings. The molecule has 1 heterocycles. The molecule has 0 unspecified atom stereocenters. The Morgan fingerprint density at radius 3 is 2.61 bits per heavy atom. The molecule has 0 aliphatic carbocycles. The third-order valence-electron chi connectivity index (χ3n) is 2.88. The Morgan fingerprint density at radius 2 is 1.96 bits per heavy atom. The SMILES string of the molecule is CCOC(=O)Nc1ccc(Nc2ccccc2C(=O)OC)cn1. The molecule has 0 atom stereocenters. The van der Waals surface area contributed by atoms with Crippen molar-refractivity contribution in [1.29, 1.82) is 0 Å². The molecule has 0 spiro atoms. The van der Waals surface area contributed by atoms with Crippen molar-refractivity contribution in [1.82, 2.24) is 4.98 Å². The van der Waals surface area contributed by atoms with Crippen molar-refractivity contribution in [2.45, 2.75) is 6.92 Å². The highest BCUT2D eigenvalue weighted by Crippen LogP contribution is 2.21. The Bertz CT molecular complexity index is 686. The Balaban J connectivity index is 2.10. The van der Waals surface area contributed by atoms with Crippen LogP contribution in [0.4, 0.5) is 22.0 Å². The van der Waals surface area contributed by atoms with Gasteiger partial charge in [0.2, 0.25) is 0 Å². The second kappa shape index (κ2) is 7.79. The Morgan fingerprint density at radius 1 is 1.17 bits per heavy atom. The number of amides is 1. The lowest BCUT2D eigenvalue weighted by Gasteiger charge is -2.11. The van der Waals surface area contributed by atoms with Crippen LogP contribution >= 0.6 is 0 Å². The van der Waals surface area contributed by atoms with Crippen molar-refractivity contribution in [2.75, 3.05) is 24.4 Å². The van der Waals surface area contributed by atoms with Crippen molar-refractivity contribution >= 4 is 29.3 Å². The van der Waals surface area contributed by atoms with Crippen molar-refractivity contribution in [3.05, 3.63) is 48.2 Å². The Labute approximate surface area is 133 Å². The van der Waals surface area contributed by atoms with E-state index in [1.165, 1.54) is 13.3 Å². The number of benzene rings is 1. The van der Waals surface area contributed by atoms with E-state index in [9.17, 15) is 9.59 Å². The van der Waals surface area contributed by atoms with Gasteiger partial charge in [0.15, 0.2) is 0 Å². The second-order valence-electron chi connectivity index (χ2n) is 4.44. The van der Waals surface area contributed by atoms with Crippen LogP contribution in [0.5, 0.6) is 0 Å². The molecule has 120 valence electrons. The van der Waals surface area contributed by atoms with Crippen molar-refractivity contribution in [2.24, 2.45) is 0 Å². The molecule has 23 heavy (non-hydrogen) atoms. The summed E-state index contributed by atoms with van der Waals surface area (Å²) in [6.07, 6.45) is 0.979. The monoisotopic (exact) mass is 315 g/mol. The minimum atomic E-state index is -0.559. The van der Waals surface area contributed by atoms with E-state index in [1.807, 2.05) is 0 Å². The maximum atomic E-state index is 11.7. The summed E-state index contributed by atoms with van der Waals surface area (Å²) >= 11 is 0. The number of hydrogen-bond acceptors (Lipinski definition) is 6. The van der Waals surface area contributed by atoms with Gasteiger partial charge in [-0.3, -0.25) is 5.32 Å². The van der Waals surface area contributed by atoms with Gasteiger partial charge < -0.3 is 14.8 Å². The zero-order valence-electron chi connectivity index (χ0n) is 12.8. The molecule has 1 aromatic carbocycles. The second-order valence-corrected chi connectivity index (χ2v) is 4.44. The molecule has 1 aromatic heterocycles. The van der Waals surface area contributed by atoms with E-state index in [0.29, 0.717) is 22.8 Å². The highest BCUT2D eigenvalue weighted by atomic mass is 16.5. The fraction of sp³-hybridized carbons (Fsp3) is 0.188. The molecule has 0 saturated carbocycles. The summed E-state index contributed by atoms with van der Waals surface area (Å²) in [4.78, 5) is 27.1. The number of nitrogens with one attached hydrogen (secondary N) is 2. The molecular weight excluding hydrogens is 298 g/mol. The average Bonchev–Trinajstić information content (AvgIpc) is 2.56. The van der Waals surface area contributed by atoms with Crippen molar-refractivity contribution in [3.63, 3.8) is 0 Å². The molecule has 0 bridgehead atoms. The number of ether oxygens (including phenoxy) is 2. The normalized spacial score (nSPS) is 9.83. The molecule has 0 radical (unpaired) electrons. The van der Waals surface area contributed by atoms with Gasteiger partial charge in [0.25, 0.3) is 0 Å². The number of nitrogens with zero attached hydrogens (tertiary/aromatic N) is 1. The summed E-state index contributed by atoms with van der Waals surface area (Å²) in [5.74, 6) is -0.0584. The van der Waals surface area contributed by atoms with Crippen LogP contribution in [0.1, 0.15) is 17.3 Å². The highest BCUT2D eigenvalue weighted by Gasteiger charge is 2.11. The lowest BCUT2D eigenvalue weighted by molar-refractivity contribution is 0.0602. The van der Waals surface area contributed by atoms with Crippen LogP contribution in [0, 0.1) is 0 Å². The van der Waals surface area contributed by atoms with E-state index in [-0.39, 0.29) is 6.61 Å². The van der Waals surface area contributed by atoms with Crippen LogP contribution in [0.15, 0.2) is 42.6 Å². The molecule has 7 heteroatoms.